The Bertz CT molecular complexity index is 1050. The zero-order valence-corrected chi connectivity index (χ0v) is 15.7. The van der Waals surface area contributed by atoms with Crippen LogP contribution in [0.1, 0.15) is 41.4 Å². The van der Waals surface area contributed by atoms with E-state index < -0.39 is 36.2 Å². The van der Waals surface area contributed by atoms with Crippen LogP contribution in [-0.4, -0.2) is 47.6 Å². The number of ether oxygens (including phenoxy) is 1. The van der Waals surface area contributed by atoms with Gasteiger partial charge in [-0.2, -0.15) is 0 Å². The molecule has 30 heavy (non-hydrogen) atoms. The molecule has 9 nitrogen and oxygen atoms in total. The molecule has 0 saturated carbocycles. The molecule has 0 bridgehead atoms. The molecule has 152 valence electrons. The second kappa shape index (κ2) is 8.82. The van der Waals surface area contributed by atoms with E-state index in [0.29, 0.717) is 5.56 Å². The van der Waals surface area contributed by atoms with Crippen LogP contribution in [0.15, 0.2) is 61.2 Å². The van der Waals surface area contributed by atoms with Crippen molar-refractivity contribution in [2.75, 3.05) is 13.2 Å². The molecule has 0 spiro atoms. The second-order valence-corrected chi connectivity index (χ2v) is 6.21. The van der Waals surface area contributed by atoms with Gasteiger partial charge in [-0.05, 0) is 30.3 Å². The van der Waals surface area contributed by atoms with E-state index >= 15 is 0 Å². The lowest BCUT2D eigenvalue weighted by Gasteiger charge is -2.09. The van der Waals surface area contributed by atoms with Crippen LogP contribution in [0.3, 0.4) is 0 Å². The summed E-state index contributed by atoms with van der Waals surface area (Å²) in [6, 6.07) is 12.2. The number of hydrogen-bond donors (Lipinski definition) is 2. The summed E-state index contributed by atoms with van der Waals surface area (Å²) in [6.45, 7) is 2.91. The highest BCUT2D eigenvalue weighted by Crippen LogP contribution is 2.24. The summed E-state index contributed by atoms with van der Waals surface area (Å²) in [4.78, 5) is 61.3. The van der Waals surface area contributed by atoms with E-state index in [4.69, 9.17) is 4.74 Å². The molecule has 0 fully saturated rings. The van der Waals surface area contributed by atoms with Crippen molar-refractivity contribution < 1.29 is 28.7 Å². The van der Waals surface area contributed by atoms with Gasteiger partial charge >= 0.3 is 5.97 Å². The van der Waals surface area contributed by atoms with Crippen molar-refractivity contribution in [3.63, 3.8) is 0 Å². The van der Waals surface area contributed by atoms with Crippen molar-refractivity contribution >= 4 is 29.6 Å². The minimum absolute atomic E-state index is 0.0106. The van der Waals surface area contributed by atoms with Gasteiger partial charge in [-0.25, -0.2) is 4.79 Å². The Hall–Kier alpha value is -4.27. The SMILES string of the molecule is C=CCN1C(=O)c2ccc(C(=O)OCC(=O)NNC(=O)c3ccccc3)cc2C1=O. The Morgan fingerprint density at radius 3 is 2.33 bits per heavy atom. The maximum atomic E-state index is 12.3. The van der Waals surface area contributed by atoms with Crippen LogP contribution in [0.5, 0.6) is 0 Å². The fourth-order valence-electron chi connectivity index (χ4n) is 2.75. The van der Waals surface area contributed by atoms with Crippen molar-refractivity contribution in [3.8, 4) is 0 Å². The van der Waals surface area contributed by atoms with Gasteiger partial charge in [0.15, 0.2) is 6.61 Å². The van der Waals surface area contributed by atoms with Crippen molar-refractivity contribution in [1.82, 2.24) is 15.8 Å². The first kappa shape index (κ1) is 20.5. The Balaban J connectivity index is 1.55. The molecule has 4 amide bonds. The number of nitrogens with one attached hydrogen (secondary N) is 2. The molecular formula is C21H17N3O6. The quantitative estimate of drug-likeness (QED) is 0.320. The molecule has 1 aliphatic rings. The van der Waals surface area contributed by atoms with Crippen molar-refractivity contribution in [1.29, 1.82) is 0 Å². The first-order valence-corrected chi connectivity index (χ1v) is 8.85. The number of hydrogen-bond acceptors (Lipinski definition) is 6. The molecule has 2 aromatic rings. The summed E-state index contributed by atoms with van der Waals surface area (Å²) in [5.74, 6) is -3.14. The summed E-state index contributed by atoms with van der Waals surface area (Å²) < 4.78 is 4.90. The van der Waals surface area contributed by atoms with Gasteiger partial charge in [0.2, 0.25) is 0 Å². The lowest BCUT2D eigenvalue weighted by Crippen LogP contribution is -2.43. The first-order chi connectivity index (χ1) is 14.4. The first-order valence-electron chi connectivity index (χ1n) is 8.85. The summed E-state index contributed by atoms with van der Waals surface area (Å²) in [7, 11) is 0. The maximum absolute atomic E-state index is 12.3. The van der Waals surface area contributed by atoms with Gasteiger partial charge < -0.3 is 4.74 Å². The fraction of sp³-hybridized carbons (Fsp3) is 0.0952. The Morgan fingerprint density at radius 1 is 0.933 bits per heavy atom. The molecule has 2 aromatic carbocycles. The van der Waals surface area contributed by atoms with Crippen LogP contribution in [0.4, 0.5) is 0 Å². The number of fused-ring (bicyclic) bond motifs is 1. The minimum Gasteiger partial charge on any atom is -0.452 e. The molecule has 2 N–H and O–H groups in total. The molecular weight excluding hydrogens is 390 g/mol. The molecule has 0 radical (unpaired) electrons. The summed E-state index contributed by atoms with van der Waals surface area (Å²) in [5.41, 5.74) is 4.95. The van der Waals surface area contributed by atoms with E-state index in [0.717, 1.165) is 4.90 Å². The molecule has 0 saturated heterocycles. The second-order valence-electron chi connectivity index (χ2n) is 6.21. The van der Waals surface area contributed by atoms with Gasteiger partial charge in [0.1, 0.15) is 0 Å². The monoisotopic (exact) mass is 407 g/mol. The topological polar surface area (TPSA) is 122 Å². The molecule has 9 heteroatoms. The lowest BCUT2D eigenvalue weighted by atomic mass is 10.1. The number of imide groups is 1. The molecule has 0 unspecified atom stereocenters. The van der Waals surface area contributed by atoms with Gasteiger partial charge in [0.25, 0.3) is 23.6 Å². The summed E-state index contributed by atoms with van der Waals surface area (Å²) >= 11 is 0. The van der Waals surface area contributed by atoms with Gasteiger partial charge in [-0.15, -0.1) is 6.58 Å². The largest absolute Gasteiger partial charge is 0.452 e. The number of carbonyl (C=O) groups excluding carboxylic acids is 5. The van der Waals surface area contributed by atoms with E-state index in [1.54, 1.807) is 30.3 Å². The standard InChI is InChI=1S/C21H17N3O6/c1-2-10-24-19(27)15-9-8-14(11-16(15)20(24)28)21(29)30-12-17(25)22-23-18(26)13-6-4-3-5-7-13/h2-9,11H,1,10,12H2,(H,22,25)(H,23,26). The third-order valence-electron chi connectivity index (χ3n) is 4.20. The molecule has 0 aromatic heterocycles. The van der Waals surface area contributed by atoms with Crippen LogP contribution in [0, 0.1) is 0 Å². The number of esters is 1. The summed E-state index contributed by atoms with van der Waals surface area (Å²) in [6.07, 6.45) is 1.42. The third kappa shape index (κ3) is 4.25. The number of rotatable bonds is 6. The smallest absolute Gasteiger partial charge is 0.338 e. The Kier molecular flexibility index (Phi) is 6.02. The predicted molar refractivity (Wildman–Crippen MR) is 104 cm³/mol. The number of nitrogens with zero attached hydrogens (tertiary/aromatic N) is 1. The highest BCUT2D eigenvalue weighted by molar-refractivity contribution is 6.22. The van der Waals surface area contributed by atoms with E-state index in [2.05, 4.69) is 17.4 Å². The van der Waals surface area contributed by atoms with E-state index in [9.17, 15) is 24.0 Å². The van der Waals surface area contributed by atoms with Crippen LogP contribution < -0.4 is 10.9 Å². The molecule has 1 aliphatic heterocycles. The number of carbonyl (C=O) groups is 5. The summed E-state index contributed by atoms with van der Waals surface area (Å²) in [5, 5.41) is 0. The van der Waals surface area contributed by atoms with Gasteiger partial charge in [0.05, 0.1) is 16.7 Å². The van der Waals surface area contributed by atoms with Gasteiger partial charge in [-0.3, -0.25) is 34.9 Å². The van der Waals surface area contributed by atoms with Gasteiger partial charge in [-0.1, -0.05) is 24.3 Å². The van der Waals surface area contributed by atoms with Crippen LogP contribution in [-0.2, 0) is 9.53 Å². The van der Waals surface area contributed by atoms with E-state index in [1.165, 1.54) is 24.3 Å². The molecule has 0 atom stereocenters. The number of benzene rings is 2. The van der Waals surface area contributed by atoms with Crippen molar-refractivity contribution in [2.24, 2.45) is 0 Å². The van der Waals surface area contributed by atoms with Gasteiger partial charge in [0, 0.05) is 12.1 Å². The molecule has 3 rings (SSSR count). The number of hydrazine groups is 1. The average molecular weight is 407 g/mol. The van der Waals surface area contributed by atoms with Crippen LogP contribution >= 0.6 is 0 Å². The van der Waals surface area contributed by atoms with Crippen molar-refractivity contribution in [2.45, 2.75) is 0 Å². The normalized spacial score (nSPS) is 12.2. The zero-order valence-electron chi connectivity index (χ0n) is 15.7. The number of amides is 4. The molecule has 1 heterocycles. The lowest BCUT2D eigenvalue weighted by molar-refractivity contribution is -0.125. The van der Waals surface area contributed by atoms with E-state index in [1.807, 2.05) is 0 Å². The zero-order chi connectivity index (χ0) is 21.7. The average Bonchev–Trinajstić information content (AvgIpc) is 3.01. The fourth-order valence-corrected chi connectivity index (χ4v) is 2.75. The Labute approximate surface area is 171 Å². The maximum Gasteiger partial charge on any atom is 0.338 e. The van der Waals surface area contributed by atoms with Crippen molar-refractivity contribution in [3.05, 3.63) is 83.4 Å². The van der Waals surface area contributed by atoms with Crippen LogP contribution in [0.25, 0.3) is 0 Å². The molecule has 0 aliphatic carbocycles. The Morgan fingerprint density at radius 2 is 1.63 bits per heavy atom. The highest BCUT2D eigenvalue weighted by atomic mass is 16.5. The van der Waals surface area contributed by atoms with Crippen LogP contribution in [0.2, 0.25) is 0 Å². The third-order valence-corrected chi connectivity index (χ3v) is 4.20. The highest BCUT2D eigenvalue weighted by Gasteiger charge is 2.35. The van der Waals surface area contributed by atoms with E-state index in [-0.39, 0.29) is 23.2 Å². The minimum atomic E-state index is -0.857. The predicted octanol–water partition coefficient (Wildman–Crippen LogP) is 1.09.